The zero-order valence-corrected chi connectivity index (χ0v) is 11.3. The molecule has 18 heavy (non-hydrogen) atoms. The number of piperidine rings is 1. The molecule has 0 atom stereocenters. The first-order valence-electron chi connectivity index (χ1n) is 6.18. The van der Waals surface area contributed by atoms with Gasteiger partial charge in [0.1, 0.15) is 5.60 Å². The topological polar surface area (TPSA) is 29.5 Å². The maximum absolute atomic E-state index is 12.0. The molecule has 3 rings (SSSR count). The summed E-state index contributed by atoms with van der Waals surface area (Å²) in [5.41, 5.74) is 1.66. The molecule has 0 amide bonds. The summed E-state index contributed by atoms with van der Waals surface area (Å²) in [6.45, 7) is 2.02. The summed E-state index contributed by atoms with van der Waals surface area (Å²) in [5, 5.41) is 0. The van der Waals surface area contributed by atoms with Crippen molar-refractivity contribution in [2.45, 2.75) is 24.9 Å². The largest absolute Gasteiger partial charge is 0.455 e. The summed E-state index contributed by atoms with van der Waals surface area (Å²) in [4.78, 5) is 14.3. The molecule has 2 heterocycles. The van der Waals surface area contributed by atoms with E-state index in [2.05, 4.69) is 18.0 Å². The Kier molecular flexibility index (Phi) is 3.64. The molecule has 1 saturated heterocycles. The van der Waals surface area contributed by atoms with Crippen LogP contribution in [0.25, 0.3) is 0 Å². The molecule has 2 aliphatic heterocycles. The van der Waals surface area contributed by atoms with Crippen molar-refractivity contribution in [3.63, 3.8) is 0 Å². The molecule has 1 aromatic carbocycles. The van der Waals surface area contributed by atoms with Crippen molar-refractivity contribution < 1.29 is 9.53 Å². The fourth-order valence-electron chi connectivity index (χ4n) is 2.81. The number of fused-ring (bicyclic) bond motifs is 1. The lowest BCUT2D eigenvalue weighted by atomic mass is 9.82. The highest BCUT2D eigenvalue weighted by molar-refractivity contribution is 5.92. The number of benzene rings is 1. The third-order valence-corrected chi connectivity index (χ3v) is 3.96. The minimum Gasteiger partial charge on any atom is -0.455 e. The van der Waals surface area contributed by atoms with E-state index in [1.165, 1.54) is 0 Å². The molecule has 1 fully saturated rings. The minimum atomic E-state index is -0.238. The second-order valence-corrected chi connectivity index (χ2v) is 5.21. The SMILES string of the molecule is CN1CCC2(CC1)Cc1ccccc1C(=O)O2.Cl. The maximum atomic E-state index is 12.0. The minimum absolute atomic E-state index is 0. The molecule has 0 radical (unpaired) electrons. The third-order valence-electron chi connectivity index (χ3n) is 3.96. The van der Waals surface area contributed by atoms with Crippen LogP contribution in [0.3, 0.4) is 0 Å². The Bertz CT molecular complexity index is 453. The van der Waals surface area contributed by atoms with Crippen LogP contribution in [0.2, 0.25) is 0 Å². The number of hydrogen-bond acceptors (Lipinski definition) is 3. The highest BCUT2D eigenvalue weighted by Gasteiger charge is 2.41. The zero-order chi connectivity index (χ0) is 11.9. The molecule has 0 aliphatic carbocycles. The molecule has 1 aromatic rings. The summed E-state index contributed by atoms with van der Waals surface area (Å²) >= 11 is 0. The van der Waals surface area contributed by atoms with Crippen LogP contribution in [-0.2, 0) is 11.2 Å². The van der Waals surface area contributed by atoms with Gasteiger partial charge in [-0.05, 0) is 18.7 Å². The van der Waals surface area contributed by atoms with E-state index in [-0.39, 0.29) is 24.0 Å². The van der Waals surface area contributed by atoms with Gasteiger partial charge in [0.05, 0.1) is 5.56 Å². The van der Waals surface area contributed by atoms with E-state index in [4.69, 9.17) is 4.74 Å². The Balaban J connectivity index is 0.00000120. The van der Waals surface area contributed by atoms with Gasteiger partial charge in [0.15, 0.2) is 0 Å². The first-order chi connectivity index (χ1) is 8.19. The van der Waals surface area contributed by atoms with E-state index >= 15 is 0 Å². The second-order valence-electron chi connectivity index (χ2n) is 5.21. The van der Waals surface area contributed by atoms with Gasteiger partial charge < -0.3 is 9.64 Å². The Morgan fingerprint density at radius 2 is 1.89 bits per heavy atom. The van der Waals surface area contributed by atoms with Gasteiger partial charge in [-0.1, -0.05) is 18.2 Å². The van der Waals surface area contributed by atoms with Gasteiger partial charge >= 0.3 is 5.97 Å². The third kappa shape index (κ3) is 2.25. The van der Waals surface area contributed by atoms with Crippen LogP contribution in [0.5, 0.6) is 0 Å². The van der Waals surface area contributed by atoms with Crippen molar-refractivity contribution in [1.29, 1.82) is 0 Å². The standard InChI is InChI=1S/C14H17NO2.ClH/c1-15-8-6-14(7-9-15)10-11-4-2-3-5-12(11)13(16)17-14;/h2-5H,6-10H2,1H3;1H. The average Bonchev–Trinajstić information content (AvgIpc) is 2.34. The number of hydrogen-bond donors (Lipinski definition) is 0. The van der Waals surface area contributed by atoms with Crippen LogP contribution in [0, 0.1) is 0 Å². The molecule has 0 unspecified atom stereocenters. The van der Waals surface area contributed by atoms with E-state index in [1.807, 2.05) is 18.2 Å². The van der Waals surface area contributed by atoms with E-state index in [0.717, 1.165) is 43.5 Å². The molecule has 2 aliphatic rings. The van der Waals surface area contributed by atoms with Crippen LogP contribution in [0.15, 0.2) is 24.3 Å². The summed E-state index contributed by atoms with van der Waals surface area (Å²) in [5.74, 6) is -0.142. The Labute approximate surface area is 114 Å². The molecule has 0 N–H and O–H groups in total. The lowest BCUT2D eigenvalue weighted by molar-refractivity contribution is -0.0535. The number of halogens is 1. The van der Waals surface area contributed by atoms with E-state index < -0.39 is 0 Å². The van der Waals surface area contributed by atoms with Gasteiger partial charge in [-0.25, -0.2) is 4.79 Å². The summed E-state index contributed by atoms with van der Waals surface area (Å²) in [6, 6.07) is 7.81. The average molecular weight is 268 g/mol. The predicted octanol–water partition coefficient (Wildman–Crippen LogP) is 2.29. The number of rotatable bonds is 0. The van der Waals surface area contributed by atoms with Crippen LogP contribution in [0.4, 0.5) is 0 Å². The molecule has 0 bridgehead atoms. The number of carbonyl (C=O) groups is 1. The van der Waals surface area contributed by atoms with Crippen LogP contribution < -0.4 is 0 Å². The van der Waals surface area contributed by atoms with Gasteiger partial charge in [-0.15, -0.1) is 12.4 Å². The molecular formula is C14H18ClNO2. The van der Waals surface area contributed by atoms with Gasteiger partial charge in [0, 0.05) is 32.4 Å². The smallest absolute Gasteiger partial charge is 0.338 e. The van der Waals surface area contributed by atoms with Gasteiger partial charge in [-0.3, -0.25) is 0 Å². The van der Waals surface area contributed by atoms with Gasteiger partial charge in [0.2, 0.25) is 0 Å². The number of esters is 1. The lowest BCUT2D eigenvalue weighted by Gasteiger charge is -2.42. The normalized spacial score (nSPS) is 21.9. The van der Waals surface area contributed by atoms with Crippen molar-refractivity contribution in [1.82, 2.24) is 4.90 Å². The molecule has 98 valence electrons. The molecule has 1 spiro atoms. The molecule has 0 aromatic heterocycles. The van der Waals surface area contributed by atoms with Gasteiger partial charge in [0.25, 0.3) is 0 Å². The van der Waals surface area contributed by atoms with E-state index in [9.17, 15) is 4.79 Å². The van der Waals surface area contributed by atoms with E-state index in [0.29, 0.717) is 0 Å². The Hall–Kier alpha value is -1.06. The quantitative estimate of drug-likeness (QED) is 0.676. The van der Waals surface area contributed by atoms with Gasteiger partial charge in [-0.2, -0.15) is 0 Å². The first kappa shape index (κ1) is 13.4. The van der Waals surface area contributed by atoms with Crippen LogP contribution in [0.1, 0.15) is 28.8 Å². The number of likely N-dealkylation sites (tertiary alicyclic amines) is 1. The van der Waals surface area contributed by atoms with Crippen molar-refractivity contribution >= 4 is 18.4 Å². The van der Waals surface area contributed by atoms with Crippen molar-refractivity contribution in [3.05, 3.63) is 35.4 Å². The van der Waals surface area contributed by atoms with Crippen LogP contribution >= 0.6 is 12.4 Å². The van der Waals surface area contributed by atoms with Crippen molar-refractivity contribution in [3.8, 4) is 0 Å². The number of carbonyl (C=O) groups excluding carboxylic acids is 1. The maximum Gasteiger partial charge on any atom is 0.338 e. The summed E-state index contributed by atoms with van der Waals surface area (Å²) in [7, 11) is 2.12. The Morgan fingerprint density at radius 1 is 1.22 bits per heavy atom. The molecular weight excluding hydrogens is 250 g/mol. The monoisotopic (exact) mass is 267 g/mol. The van der Waals surface area contributed by atoms with Crippen LogP contribution in [-0.4, -0.2) is 36.6 Å². The fraction of sp³-hybridized carbons (Fsp3) is 0.500. The second kappa shape index (κ2) is 4.90. The summed E-state index contributed by atoms with van der Waals surface area (Å²) in [6.07, 6.45) is 2.77. The molecule has 4 heteroatoms. The lowest BCUT2D eigenvalue weighted by Crippen LogP contribution is -2.49. The van der Waals surface area contributed by atoms with Crippen molar-refractivity contribution in [2.24, 2.45) is 0 Å². The highest BCUT2D eigenvalue weighted by Crippen LogP contribution is 2.35. The Morgan fingerprint density at radius 3 is 2.61 bits per heavy atom. The first-order valence-corrected chi connectivity index (χ1v) is 6.18. The fourth-order valence-corrected chi connectivity index (χ4v) is 2.81. The zero-order valence-electron chi connectivity index (χ0n) is 10.5. The molecule has 3 nitrogen and oxygen atoms in total. The highest BCUT2D eigenvalue weighted by atomic mass is 35.5. The predicted molar refractivity (Wildman–Crippen MR) is 72.3 cm³/mol. The number of ether oxygens (including phenoxy) is 1. The molecule has 0 saturated carbocycles. The number of nitrogens with zero attached hydrogens (tertiary/aromatic N) is 1. The van der Waals surface area contributed by atoms with Crippen molar-refractivity contribution in [2.75, 3.05) is 20.1 Å². The van der Waals surface area contributed by atoms with E-state index in [1.54, 1.807) is 0 Å². The summed E-state index contributed by atoms with van der Waals surface area (Å²) < 4.78 is 5.72.